The van der Waals surface area contributed by atoms with Gasteiger partial charge in [-0.2, -0.15) is 4.72 Å². The van der Waals surface area contributed by atoms with E-state index < -0.39 is 27.5 Å². The zero-order valence-electron chi connectivity index (χ0n) is 15.8. The number of hydrogen-bond acceptors (Lipinski definition) is 8. The Hall–Kier alpha value is -2.63. The van der Waals surface area contributed by atoms with Crippen molar-refractivity contribution in [2.24, 2.45) is 0 Å². The average Bonchev–Trinajstić information content (AvgIpc) is 2.70. The van der Waals surface area contributed by atoms with Crippen LogP contribution in [0.5, 0.6) is 5.75 Å². The molecule has 156 valence electrons. The van der Waals surface area contributed by atoms with Crippen LogP contribution in [0.2, 0.25) is 0 Å². The van der Waals surface area contributed by atoms with E-state index in [9.17, 15) is 23.3 Å². The molecular weight excluding hydrogens is 420 g/mol. The van der Waals surface area contributed by atoms with Crippen molar-refractivity contribution in [3.05, 3.63) is 58.1 Å². The van der Waals surface area contributed by atoms with Gasteiger partial charge in [0, 0.05) is 6.07 Å². The van der Waals surface area contributed by atoms with Crippen molar-refractivity contribution in [1.82, 2.24) is 4.72 Å². The summed E-state index contributed by atoms with van der Waals surface area (Å²) in [6.45, 7) is 1.40. The number of nitrogens with one attached hydrogen (secondary N) is 1. The monoisotopic (exact) mass is 440 g/mol. The summed E-state index contributed by atoms with van der Waals surface area (Å²) in [5, 5.41) is 11.1. The van der Waals surface area contributed by atoms with E-state index >= 15 is 0 Å². The van der Waals surface area contributed by atoms with Crippen LogP contribution < -0.4 is 9.46 Å². The molecule has 0 atom stereocenters. The Labute approximate surface area is 172 Å². The maximum atomic E-state index is 12.3. The number of nitrogens with zero attached hydrogens (tertiary/aromatic N) is 1. The summed E-state index contributed by atoms with van der Waals surface area (Å²) in [7, 11) is -4.11. The zero-order chi connectivity index (χ0) is 21.4. The second kappa shape index (κ2) is 10.2. The summed E-state index contributed by atoms with van der Waals surface area (Å²) in [6.07, 6.45) is 1.65. The molecule has 0 aromatic heterocycles. The third-order valence-corrected chi connectivity index (χ3v) is 5.88. The highest BCUT2D eigenvalue weighted by Gasteiger charge is 2.22. The average molecular weight is 440 g/mol. The Morgan fingerprint density at radius 2 is 1.86 bits per heavy atom. The van der Waals surface area contributed by atoms with Crippen molar-refractivity contribution < 1.29 is 27.6 Å². The van der Waals surface area contributed by atoms with Gasteiger partial charge in [0.1, 0.15) is 25.5 Å². The van der Waals surface area contributed by atoms with E-state index in [1.54, 1.807) is 18.4 Å². The first-order chi connectivity index (χ1) is 13.7. The Balaban J connectivity index is 1.84. The summed E-state index contributed by atoms with van der Waals surface area (Å²) >= 11 is 1.13. The highest BCUT2D eigenvalue weighted by Crippen LogP contribution is 2.29. The number of sulfonamides is 1. The fourth-order valence-corrected chi connectivity index (χ4v) is 3.75. The smallest absolute Gasteiger partial charge is 0.321 e. The number of thioether (sulfide) groups is 1. The molecular formula is C18H20N2O7S2. The molecule has 0 aliphatic heterocycles. The molecule has 0 radical (unpaired) electrons. The van der Waals surface area contributed by atoms with Gasteiger partial charge in [-0.05, 0) is 37.4 Å². The Kier molecular flexibility index (Phi) is 8.00. The molecule has 0 spiro atoms. The molecule has 0 aliphatic carbocycles. The maximum absolute atomic E-state index is 12.3. The van der Waals surface area contributed by atoms with Gasteiger partial charge in [0.25, 0.3) is 5.69 Å². The molecule has 0 aliphatic rings. The van der Waals surface area contributed by atoms with Gasteiger partial charge in [0.2, 0.25) is 10.0 Å². The fraction of sp³-hybridized carbons (Fsp3) is 0.278. The van der Waals surface area contributed by atoms with Gasteiger partial charge in [0.05, 0.1) is 14.7 Å². The van der Waals surface area contributed by atoms with Crippen molar-refractivity contribution in [1.29, 1.82) is 0 Å². The van der Waals surface area contributed by atoms with E-state index in [1.807, 2.05) is 19.1 Å². The third kappa shape index (κ3) is 6.73. The highest BCUT2D eigenvalue weighted by molar-refractivity contribution is 7.98. The van der Waals surface area contributed by atoms with E-state index in [1.165, 1.54) is 12.1 Å². The Morgan fingerprint density at radius 3 is 2.48 bits per heavy atom. The van der Waals surface area contributed by atoms with E-state index in [-0.39, 0.29) is 23.8 Å². The molecule has 0 saturated carbocycles. The number of aryl methyl sites for hydroxylation is 1. The van der Waals surface area contributed by atoms with Crippen LogP contribution in [-0.2, 0) is 19.6 Å². The van der Waals surface area contributed by atoms with Gasteiger partial charge >= 0.3 is 5.97 Å². The molecule has 0 saturated heterocycles. The summed E-state index contributed by atoms with van der Waals surface area (Å²) in [4.78, 5) is 22.2. The minimum Gasteiger partial charge on any atom is -0.490 e. The topological polar surface area (TPSA) is 125 Å². The predicted molar refractivity (Wildman–Crippen MR) is 108 cm³/mol. The van der Waals surface area contributed by atoms with Gasteiger partial charge in [0.15, 0.2) is 0 Å². The van der Waals surface area contributed by atoms with Crippen LogP contribution in [0.25, 0.3) is 0 Å². The molecule has 0 bridgehead atoms. The van der Waals surface area contributed by atoms with Crippen molar-refractivity contribution in [2.75, 3.05) is 26.0 Å². The third-order valence-electron chi connectivity index (χ3n) is 3.70. The lowest BCUT2D eigenvalue weighted by Gasteiger charge is -2.09. The van der Waals surface area contributed by atoms with Crippen LogP contribution in [-0.4, -0.2) is 45.3 Å². The molecule has 2 aromatic rings. The lowest BCUT2D eigenvalue weighted by atomic mass is 10.2. The largest absolute Gasteiger partial charge is 0.490 e. The quantitative estimate of drug-likeness (QED) is 0.196. The summed E-state index contributed by atoms with van der Waals surface area (Å²) in [5.41, 5.74) is 0.765. The molecule has 29 heavy (non-hydrogen) atoms. The summed E-state index contributed by atoms with van der Waals surface area (Å²) < 4.78 is 36.9. The number of hydrogen-bond donors (Lipinski definition) is 1. The van der Waals surface area contributed by atoms with Crippen molar-refractivity contribution in [3.8, 4) is 5.75 Å². The molecule has 0 heterocycles. The Bertz CT molecular complexity index is 976. The van der Waals surface area contributed by atoms with E-state index in [0.29, 0.717) is 10.6 Å². The number of rotatable bonds is 10. The van der Waals surface area contributed by atoms with Crippen LogP contribution in [0.1, 0.15) is 5.56 Å². The number of carbonyl (C=O) groups excluding carboxylic acids is 1. The van der Waals surface area contributed by atoms with Crippen LogP contribution in [0, 0.1) is 17.0 Å². The van der Waals surface area contributed by atoms with Crippen LogP contribution in [0.3, 0.4) is 0 Å². The molecule has 9 nitrogen and oxygen atoms in total. The molecule has 2 aromatic carbocycles. The first-order valence-electron chi connectivity index (χ1n) is 8.40. The van der Waals surface area contributed by atoms with Crippen LogP contribution in [0.4, 0.5) is 5.69 Å². The van der Waals surface area contributed by atoms with Crippen LogP contribution >= 0.6 is 11.8 Å². The number of benzene rings is 2. The molecule has 0 amide bonds. The predicted octanol–water partition coefficient (Wildman–Crippen LogP) is 2.53. The molecule has 2 rings (SSSR count). The standard InChI is InChI=1S/C18H20N2O7S2/c1-13-3-5-14(6-4-13)26-9-10-27-18(21)12-19-29(24,25)15-7-8-17(28-2)16(11-15)20(22)23/h3-8,11,19H,9-10,12H2,1-2H3. The van der Waals surface area contributed by atoms with Gasteiger partial charge < -0.3 is 9.47 Å². The van der Waals surface area contributed by atoms with Crippen LogP contribution in [0.15, 0.2) is 52.3 Å². The first kappa shape index (κ1) is 22.7. The molecule has 0 fully saturated rings. The number of nitro groups is 1. The molecule has 1 N–H and O–H groups in total. The Morgan fingerprint density at radius 1 is 1.17 bits per heavy atom. The first-order valence-corrected chi connectivity index (χ1v) is 11.1. The van der Waals surface area contributed by atoms with Gasteiger partial charge in [-0.1, -0.05) is 17.7 Å². The van der Waals surface area contributed by atoms with Crippen molar-refractivity contribution >= 4 is 33.4 Å². The second-order valence-electron chi connectivity index (χ2n) is 5.80. The van der Waals surface area contributed by atoms with Gasteiger partial charge in [-0.3, -0.25) is 14.9 Å². The summed E-state index contributed by atoms with van der Waals surface area (Å²) in [6, 6.07) is 10.9. The minimum atomic E-state index is -4.11. The maximum Gasteiger partial charge on any atom is 0.321 e. The molecule has 11 heteroatoms. The highest BCUT2D eigenvalue weighted by atomic mass is 32.2. The van der Waals surface area contributed by atoms with E-state index in [0.717, 1.165) is 23.4 Å². The lowest BCUT2D eigenvalue weighted by Crippen LogP contribution is -2.31. The fourth-order valence-electron chi connectivity index (χ4n) is 2.22. The number of nitro benzene ring substituents is 1. The number of carbonyl (C=O) groups is 1. The number of ether oxygens (including phenoxy) is 2. The number of esters is 1. The second-order valence-corrected chi connectivity index (χ2v) is 8.41. The SMILES string of the molecule is CSc1ccc(S(=O)(=O)NCC(=O)OCCOc2ccc(C)cc2)cc1[N+](=O)[O-]. The minimum absolute atomic E-state index is 0.0532. The van der Waals surface area contributed by atoms with Gasteiger partial charge in [-0.25, -0.2) is 8.42 Å². The molecule has 0 unspecified atom stereocenters. The van der Waals surface area contributed by atoms with Crippen molar-refractivity contribution in [2.45, 2.75) is 16.7 Å². The normalized spacial score (nSPS) is 11.1. The zero-order valence-corrected chi connectivity index (χ0v) is 17.4. The van der Waals surface area contributed by atoms with E-state index in [4.69, 9.17) is 9.47 Å². The van der Waals surface area contributed by atoms with Crippen molar-refractivity contribution in [3.63, 3.8) is 0 Å². The summed E-state index contributed by atoms with van der Waals surface area (Å²) in [5.74, 6) is -0.168. The van der Waals surface area contributed by atoms with E-state index in [2.05, 4.69) is 4.72 Å². The lowest BCUT2D eigenvalue weighted by molar-refractivity contribution is -0.387. The van der Waals surface area contributed by atoms with Gasteiger partial charge in [-0.15, -0.1) is 11.8 Å².